The third-order valence-corrected chi connectivity index (χ3v) is 7.68. The molecule has 2 N–H and O–H groups in total. The zero-order chi connectivity index (χ0) is 31.8. The van der Waals surface area contributed by atoms with E-state index in [4.69, 9.17) is 15.2 Å². The number of ether oxygens (including phenoxy) is 2. The van der Waals surface area contributed by atoms with Gasteiger partial charge < -0.3 is 15.2 Å². The van der Waals surface area contributed by atoms with Gasteiger partial charge in [0, 0.05) is 35.0 Å². The van der Waals surface area contributed by atoms with Crippen molar-refractivity contribution in [2.45, 2.75) is 44.9 Å². The molecule has 0 radical (unpaired) electrons. The Labute approximate surface area is 250 Å². The highest BCUT2D eigenvalue weighted by Crippen LogP contribution is 2.47. The van der Waals surface area contributed by atoms with Gasteiger partial charge in [-0.1, -0.05) is 18.2 Å². The molecule has 3 aromatic carbocycles. The number of alkyl halides is 3. The molecule has 0 fully saturated rings. The summed E-state index contributed by atoms with van der Waals surface area (Å²) in [6.45, 7) is 1.59. The molecule has 0 spiro atoms. The number of hydrogen-bond donors (Lipinski definition) is 1. The van der Waals surface area contributed by atoms with Gasteiger partial charge in [0.05, 0.1) is 35.2 Å². The van der Waals surface area contributed by atoms with Crippen LogP contribution in [0.5, 0.6) is 11.5 Å². The number of methoxy groups -OCH3 is 1. The molecule has 0 aromatic heterocycles. The van der Waals surface area contributed by atoms with Gasteiger partial charge in [-0.15, -0.1) is 0 Å². The standard InChI is InChI=1S/C32H27F3N4O5/c1-18-9-11-28(25(13-18)39(41)42)44-17-20-14-19(10-12-27(20)43-2)29-23(16-36)31(37)38(24-7-4-8-26(40)30(24)29)22-6-3-5-21(15-22)32(33,34)35/h3,5-6,9-15,29H,4,7-8,17,37H2,1-2H3/t29-/m0/s1. The lowest BCUT2D eigenvalue weighted by molar-refractivity contribution is -0.386. The van der Waals surface area contributed by atoms with Crippen LogP contribution >= 0.6 is 0 Å². The summed E-state index contributed by atoms with van der Waals surface area (Å²) in [5.41, 5.74) is 7.94. The van der Waals surface area contributed by atoms with Gasteiger partial charge in [-0.05, 0) is 67.3 Å². The maximum absolute atomic E-state index is 13.6. The highest BCUT2D eigenvalue weighted by atomic mass is 19.4. The molecule has 44 heavy (non-hydrogen) atoms. The van der Waals surface area contributed by atoms with Gasteiger partial charge in [0.15, 0.2) is 11.5 Å². The Morgan fingerprint density at radius 1 is 1.11 bits per heavy atom. The number of benzene rings is 3. The lowest BCUT2D eigenvalue weighted by Gasteiger charge is -2.40. The quantitative estimate of drug-likeness (QED) is 0.230. The van der Waals surface area contributed by atoms with E-state index in [2.05, 4.69) is 6.07 Å². The number of carbonyl (C=O) groups is 1. The van der Waals surface area contributed by atoms with Crippen LogP contribution in [-0.2, 0) is 17.6 Å². The molecule has 2 aliphatic rings. The number of nitriles is 1. The van der Waals surface area contributed by atoms with Crippen LogP contribution < -0.4 is 20.1 Å². The van der Waals surface area contributed by atoms with E-state index in [0.29, 0.717) is 41.0 Å². The van der Waals surface area contributed by atoms with Gasteiger partial charge >= 0.3 is 11.9 Å². The zero-order valence-electron chi connectivity index (χ0n) is 23.8. The minimum Gasteiger partial charge on any atom is -0.496 e. The summed E-state index contributed by atoms with van der Waals surface area (Å²) < 4.78 is 52.0. The van der Waals surface area contributed by atoms with Crippen molar-refractivity contribution >= 4 is 17.2 Å². The molecule has 5 rings (SSSR count). The van der Waals surface area contributed by atoms with Crippen LogP contribution in [-0.4, -0.2) is 17.8 Å². The second kappa shape index (κ2) is 11.8. The second-order valence-electron chi connectivity index (χ2n) is 10.5. The Balaban J connectivity index is 1.60. The monoisotopic (exact) mass is 604 g/mol. The van der Waals surface area contributed by atoms with E-state index >= 15 is 0 Å². The van der Waals surface area contributed by atoms with Crippen LogP contribution in [0.3, 0.4) is 0 Å². The van der Waals surface area contributed by atoms with Gasteiger partial charge in [-0.2, -0.15) is 18.4 Å². The van der Waals surface area contributed by atoms with E-state index in [1.807, 2.05) is 0 Å². The molecule has 0 unspecified atom stereocenters. The number of Topliss-reactive ketones (excluding diaryl/α,β-unsaturated/α-hetero) is 1. The van der Waals surface area contributed by atoms with Crippen LogP contribution in [0.1, 0.15) is 47.4 Å². The highest BCUT2D eigenvalue weighted by Gasteiger charge is 2.41. The Morgan fingerprint density at radius 2 is 1.86 bits per heavy atom. The van der Waals surface area contributed by atoms with Gasteiger partial charge in [0.1, 0.15) is 18.2 Å². The number of ketones is 1. The van der Waals surface area contributed by atoms with Crippen molar-refractivity contribution in [2.24, 2.45) is 5.73 Å². The minimum absolute atomic E-state index is 0.00243. The summed E-state index contributed by atoms with van der Waals surface area (Å²) in [6.07, 6.45) is -3.58. The Hall–Kier alpha value is -5.31. The predicted molar refractivity (Wildman–Crippen MR) is 155 cm³/mol. The fourth-order valence-electron chi connectivity index (χ4n) is 5.67. The molecule has 3 aromatic rings. The number of hydrogen-bond acceptors (Lipinski definition) is 8. The van der Waals surface area contributed by atoms with E-state index in [1.54, 1.807) is 31.2 Å². The molecule has 1 aliphatic heterocycles. The third-order valence-electron chi connectivity index (χ3n) is 7.68. The number of rotatable bonds is 7. The van der Waals surface area contributed by atoms with E-state index in [9.17, 15) is 33.3 Å². The van der Waals surface area contributed by atoms with Gasteiger partial charge in [-0.3, -0.25) is 19.8 Å². The predicted octanol–water partition coefficient (Wildman–Crippen LogP) is 6.81. The van der Waals surface area contributed by atoms with E-state index < -0.39 is 22.6 Å². The Kier molecular flexibility index (Phi) is 8.06. The zero-order valence-corrected chi connectivity index (χ0v) is 23.8. The second-order valence-corrected chi connectivity index (χ2v) is 10.5. The molecule has 0 amide bonds. The summed E-state index contributed by atoms with van der Waals surface area (Å²) in [4.78, 5) is 25.9. The molecule has 1 heterocycles. The van der Waals surface area contributed by atoms with E-state index in [-0.39, 0.29) is 52.9 Å². The van der Waals surface area contributed by atoms with Crippen LogP contribution in [0.25, 0.3) is 0 Å². The summed E-state index contributed by atoms with van der Waals surface area (Å²) in [6, 6.07) is 16.3. The van der Waals surface area contributed by atoms with Gasteiger partial charge in [0.2, 0.25) is 0 Å². The summed E-state index contributed by atoms with van der Waals surface area (Å²) in [5.74, 6) is -0.754. The first-order valence-electron chi connectivity index (χ1n) is 13.6. The molecule has 0 saturated carbocycles. The van der Waals surface area contributed by atoms with Crippen molar-refractivity contribution in [3.05, 3.63) is 116 Å². The SMILES string of the molecule is COc1ccc([C@H]2C(C#N)=C(N)N(c3cccc(C(F)(F)F)c3)C3=C2C(=O)CCC3)cc1COc1ccc(C)cc1[N+](=O)[O-]. The number of nitrogens with zero attached hydrogens (tertiary/aromatic N) is 3. The number of allylic oxidation sites excluding steroid dienone is 3. The number of halogens is 3. The third kappa shape index (κ3) is 5.56. The first-order chi connectivity index (χ1) is 20.9. The molecular formula is C32H27F3N4O5. The topological polar surface area (TPSA) is 132 Å². The average molecular weight is 605 g/mol. The molecule has 9 nitrogen and oxygen atoms in total. The molecule has 1 aliphatic carbocycles. The van der Waals surface area contributed by atoms with Crippen molar-refractivity contribution in [1.82, 2.24) is 0 Å². The number of nitrogens with two attached hydrogens (primary N) is 1. The number of nitro benzene ring substituents is 1. The van der Waals surface area contributed by atoms with Crippen molar-refractivity contribution in [1.29, 1.82) is 5.26 Å². The lowest BCUT2D eigenvalue weighted by Crippen LogP contribution is -2.38. The molecule has 0 saturated heterocycles. The summed E-state index contributed by atoms with van der Waals surface area (Å²) >= 11 is 0. The van der Waals surface area contributed by atoms with Gasteiger partial charge in [0.25, 0.3) is 0 Å². The molecular weight excluding hydrogens is 577 g/mol. The molecule has 12 heteroatoms. The summed E-state index contributed by atoms with van der Waals surface area (Å²) in [7, 11) is 1.45. The van der Waals surface area contributed by atoms with Crippen LogP contribution in [0.4, 0.5) is 24.5 Å². The maximum Gasteiger partial charge on any atom is 0.416 e. The van der Waals surface area contributed by atoms with Crippen LogP contribution in [0, 0.1) is 28.4 Å². The Bertz CT molecular complexity index is 1770. The number of aryl methyl sites for hydroxylation is 1. The van der Waals surface area contributed by atoms with Crippen LogP contribution in [0.2, 0.25) is 0 Å². The van der Waals surface area contributed by atoms with Crippen molar-refractivity contribution in [2.75, 3.05) is 12.0 Å². The smallest absolute Gasteiger partial charge is 0.416 e. The largest absolute Gasteiger partial charge is 0.496 e. The molecule has 1 atom stereocenters. The van der Waals surface area contributed by atoms with Gasteiger partial charge in [-0.25, -0.2) is 0 Å². The maximum atomic E-state index is 13.6. The Morgan fingerprint density at radius 3 is 2.55 bits per heavy atom. The minimum atomic E-state index is -4.61. The lowest BCUT2D eigenvalue weighted by atomic mass is 9.75. The first kappa shape index (κ1) is 30.2. The van der Waals surface area contributed by atoms with Crippen molar-refractivity contribution in [3.63, 3.8) is 0 Å². The first-order valence-corrected chi connectivity index (χ1v) is 13.6. The number of nitro groups is 1. The number of carbonyl (C=O) groups excluding carboxylic acids is 1. The van der Waals surface area contributed by atoms with Crippen molar-refractivity contribution in [3.8, 4) is 17.6 Å². The van der Waals surface area contributed by atoms with E-state index in [1.165, 1.54) is 36.3 Å². The number of anilines is 1. The average Bonchev–Trinajstić information content (AvgIpc) is 2.99. The van der Waals surface area contributed by atoms with E-state index in [0.717, 1.165) is 12.1 Å². The highest BCUT2D eigenvalue weighted by molar-refractivity contribution is 6.01. The summed E-state index contributed by atoms with van der Waals surface area (Å²) in [5, 5.41) is 21.9. The van der Waals surface area contributed by atoms with Crippen molar-refractivity contribution < 1.29 is 32.4 Å². The fourth-order valence-corrected chi connectivity index (χ4v) is 5.67. The molecule has 0 bridgehead atoms. The normalized spacial score (nSPS) is 16.9. The van der Waals surface area contributed by atoms with Crippen LogP contribution in [0.15, 0.2) is 83.3 Å². The molecule has 226 valence electrons. The fraction of sp³-hybridized carbons (Fsp3) is 0.250.